The average Bonchev–Trinajstić information content (AvgIpc) is 2.82. The lowest BCUT2D eigenvalue weighted by Crippen LogP contribution is -2.35. The van der Waals surface area contributed by atoms with E-state index in [1.807, 2.05) is 11.8 Å². The van der Waals surface area contributed by atoms with Crippen molar-refractivity contribution in [3.8, 4) is 5.75 Å². The summed E-state index contributed by atoms with van der Waals surface area (Å²) in [6, 6.07) is 5.37. The van der Waals surface area contributed by atoms with Gasteiger partial charge in [0, 0.05) is 17.5 Å². The molecule has 0 radical (unpaired) electrons. The monoisotopic (exact) mass is 252 g/mol. The van der Waals surface area contributed by atoms with E-state index in [0.717, 1.165) is 17.9 Å². The Kier molecular flexibility index (Phi) is 3.78. The first-order valence-corrected chi connectivity index (χ1v) is 6.68. The molecule has 0 bridgehead atoms. The van der Waals surface area contributed by atoms with E-state index in [9.17, 15) is 4.79 Å². The fraction of sp³-hybridized carbons (Fsp3) is 0.417. The normalized spacial score (nSPS) is 19.0. The molecule has 0 spiro atoms. The summed E-state index contributed by atoms with van der Waals surface area (Å²) in [5.74, 6) is 2.62. The SMILES string of the molecule is COc1ccc(N)c(C(=O)NC2CCSC2)c1. The summed E-state index contributed by atoms with van der Waals surface area (Å²) >= 11 is 1.86. The highest BCUT2D eigenvalue weighted by atomic mass is 32.2. The molecule has 1 saturated heterocycles. The summed E-state index contributed by atoms with van der Waals surface area (Å²) in [6.45, 7) is 0. The van der Waals surface area contributed by atoms with Crippen molar-refractivity contribution in [2.45, 2.75) is 12.5 Å². The van der Waals surface area contributed by atoms with Crippen LogP contribution in [0.15, 0.2) is 18.2 Å². The zero-order valence-corrected chi connectivity index (χ0v) is 10.5. The third-order valence-electron chi connectivity index (χ3n) is 2.77. The Morgan fingerprint density at radius 2 is 2.41 bits per heavy atom. The van der Waals surface area contributed by atoms with Crippen LogP contribution in [-0.4, -0.2) is 30.6 Å². The van der Waals surface area contributed by atoms with Crippen molar-refractivity contribution in [2.75, 3.05) is 24.3 Å². The van der Waals surface area contributed by atoms with Gasteiger partial charge in [0.1, 0.15) is 5.75 Å². The molecule has 1 heterocycles. The summed E-state index contributed by atoms with van der Waals surface area (Å²) in [6.07, 6.45) is 1.03. The number of nitrogen functional groups attached to an aromatic ring is 1. The van der Waals surface area contributed by atoms with E-state index < -0.39 is 0 Å². The molecule has 17 heavy (non-hydrogen) atoms. The molecular formula is C12H16N2O2S. The van der Waals surface area contributed by atoms with Crippen molar-refractivity contribution < 1.29 is 9.53 Å². The lowest BCUT2D eigenvalue weighted by Gasteiger charge is -2.13. The average molecular weight is 252 g/mol. The van der Waals surface area contributed by atoms with Crippen LogP contribution in [0, 0.1) is 0 Å². The van der Waals surface area contributed by atoms with E-state index in [2.05, 4.69) is 5.32 Å². The van der Waals surface area contributed by atoms with Gasteiger partial charge in [0.05, 0.1) is 12.7 Å². The standard InChI is InChI=1S/C12H16N2O2S/c1-16-9-2-3-11(13)10(6-9)12(15)14-8-4-5-17-7-8/h2-3,6,8H,4-5,7,13H2,1H3,(H,14,15). The number of nitrogens with one attached hydrogen (secondary N) is 1. The van der Waals surface area contributed by atoms with Crippen molar-refractivity contribution >= 4 is 23.4 Å². The van der Waals surface area contributed by atoms with Gasteiger partial charge in [-0.1, -0.05) is 0 Å². The predicted molar refractivity (Wildman–Crippen MR) is 70.6 cm³/mol. The second-order valence-corrected chi connectivity index (χ2v) is 5.14. The molecule has 0 aromatic heterocycles. The maximum absolute atomic E-state index is 12.0. The number of methoxy groups -OCH3 is 1. The summed E-state index contributed by atoms with van der Waals surface area (Å²) in [5.41, 5.74) is 6.77. The van der Waals surface area contributed by atoms with Crippen molar-refractivity contribution in [1.82, 2.24) is 5.32 Å². The van der Waals surface area contributed by atoms with Gasteiger partial charge < -0.3 is 15.8 Å². The summed E-state index contributed by atoms with van der Waals surface area (Å²) < 4.78 is 5.09. The number of hydrogen-bond acceptors (Lipinski definition) is 4. The van der Waals surface area contributed by atoms with Crippen molar-refractivity contribution in [1.29, 1.82) is 0 Å². The molecule has 5 heteroatoms. The quantitative estimate of drug-likeness (QED) is 0.800. The van der Waals surface area contributed by atoms with Crippen LogP contribution in [0.1, 0.15) is 16.8 Å². The number of anilines is 1. The van der Waals surface area contributed by atoms with E-state index in [-0.39, 0.29) is 11.9 Å². The van der Waals surface area contributed by atoms with Crippen LogP contribution >= 0.6 is 11.8 Å². The van der Waals surface area contributed by atoms with Crippen LogP contribution in [0.2, 0.25) is 0 Å². The molecule has 0 saturated carbocycles. The fourth-order valence-corrected chi connectivity index (χ4v) is 2.92. The zero-order valence-electron chi connectivity index (χ0n) is 9.73. The molecule has 0 aliphatic carbocycles. The van der Waals surface area contributed by atoms with Gasteiger partial charge in [0.2, 0.25) is 0 Å². The minimum absolute atomic E-state index is 0.117. The van der Waals surface area contributed by atoms with Crippen molar-refractivity contribution in [3.63, 3.8) is 0 Å². The topological polar surface area (TPSA) is 64.3 Å². The Balaban J connectivity index is 2.11. The van der Waals surface area contributed by atoms with Gasteiger partial charge in [-0.25, -0.2) is 0 Å². The second-order valence-electron chi connectivity index (χ2n) is 3.99. The van der Waals surface area contributed by atoms with Gasteiger partial charge in [-0.15, -0.1) is 0 Å². The van der Waals surface area contributed by atoms with Gasteiger partial charge in [0.15, 0.2) is 0 Å². The minimum Gasteiger partial charge on any atom is -0.497 e. The molecule has 1 aliphatic rings. The van der Waals surface area contributed by atoms with E-state index in [1.165, 1.54) is 0 Å². The number of carbonyl (C=O) groups is 1. The molecule has 4 nitrogen and oxygen atoms in total. The van der Waals surface area contributed by atoms with Crippen molar-refractivity contribution in [3.05, 3.63) is 23.8 Å². The van der Waals surface area contributed by atoms with Crippen LogP contribution in [0.4, 0.5) is 5.69 Å². The molecule has 1 aromatic rings. The Morgan fingerprint density at radius 3 is 3.06 bits per heavy atom. The highest BCUT2D eigenvalue weighted by Crippen LogP contribution is 2.21. The highest BCUT2D eigenvalue weighted by Gasteiger charge is 2.19. The molecule has 1 fully saturated rings. The second kappa shape index (κ2) is 5.31. The van der Waals surface area contributed by atoms with Crippen LogP contribution in [0.3, 0.4) is 0 Å². The van der Waals surface area contributed by atoms with Crippen LogP contribution in [0.25, 0.3) is 0 Å². The molecule has 3 N–H and O–H groups in total. The number of rotatable bonds is 3. The molecule has 2 rings (SSSR count). The Labute approximate surface area is 105 Å². The van der Waals surface area contributed by atoms with Crippen molar-refractivity contribution in [2.24, 2.45) is 0 Å². The van der Waals surface area contributed by atoms with Crippen LogP contribution in [-0.2, 0) is 0 Å². The Hall–Kier alpha value is -1.36. The fourth-order valence-electron chi connectivity index (χ4n) is 1.77. The molecule has 1 aromatic carbocycles. The first kappa shape index (κ1) is 12.1. The van der Waals surface area contributed by atoms with E-state index in [4.69, 9.17) is 10.5 Å². The maximum Gasteiger partial charge on any atom is 0.253 e. The molecule has 1 atom stereocenters. The third-order valence-corrected chi connectivity index (χ3v) is 3.93. The van der Waals surface area contributed by atoms with Gasteiger partial charge >= 0.3 is 0 Å². The number of hydrogen-bond donors (Lipinski definition) is 2. The Morgan fingerprint density at radius 1 is 1.59 bits per heavy atom. The van der Waals surface area contributed by atoms with E-state index in [0.29, 0.717) is 17.0 Å². The zero-order chi connectivity index (χ0) is 12.3. The van der Waals surface area contributed by atoms with Gasteiger partial charge in [0.25, 0.3) is 5.91 Å². The van der Waals surface area contributed by atoms with E-state index >= 15 is 0 Å². The summed E-state index contributed by atoms with van der Waals surface area (Å²) in [7, 11) is 1.57. The molecule has 1 aliphatic heterocycles. The van der Waals surface area contributed by atoms with E-state index in [1.54, 1.807) is 25.3 Å². The lowest BCUT2D eigenvalue weighted by atomic mass is 10.1. The molecule has 1 amide bonds. The molecule has 1 unspecified atom stereocenters. The Bertz CT molecular complexity index is 417. The highest BCUT2D eigenvalue weighted by molar-refractivity contribution is 7.99. The third kappa shape index (κ3) is 2.85. The largest absolute Gasteiger partial charge is 0.497 e. The smallest absolute Gasteiger partial charge is 0.253 e. The number of benzene rings is 1. The number of nitrogens with two attached hydrogens (primary N) is 1. The maximum atomic E-state index is 12.0. The number of amides is 1. The van der Waals surface area contributed by atoms with Crippen LogP contribution < -0.4 is 15.8 Å². The van der Waals surface area contributed by atoms with Gasteiger partial charge in [-0.2, -0.15) is 11.8 Å². The lowest BCUT2D eigenvalue weighted by molar-refractivity contribution is 0.0941. The predicted octanol–water partition coefficient (Wildman–Crippen LogP) is 1.51. The summed E-state index contributed by atoms with van der Waals surface area (Å²) in [5, 5.41) is 2.99. The number of thioether (sulfide) groups is 1. The van der Waals surface area contributed by atoms with Gasteiger partial charge in [-0.05, 0) is 30.4 Å². The first-order valence-electron chi connectivity index (χ1n) is 5.53. The number of carbonyl (C=O) groups excluding carboxylic acids is 1. The van der Waals surface area contributed by atoms with Gasteiger partial charge in [-0.3, -0.25) is 4.79 Å². The number of ether oxygens (including phenoxy) is 1. The molecule has 92 valence electrons. The minimum atomic E-state index is -0.117. The summed E-state index contributed by atoms with van der Waals surface area (Å²) in [4.78, 5) is 12.0. The molecular weight excluding hydrogens is 236 g/mol. The van der Waals surface area contributed by atoms with Crippen LogP contribution in [0.5, 0.6) is 5.75 Å². The first-order chi connectivity index (χ1) is 8.20.